The van der Waals surface area contributed by atoms with E-state index in [-0.39, 0.29) is 24.1 Å². The van der Waals surface area contributed by atoms with Crippen molar-refractivity contribution in [2.24, 2.45) is 0 Å². The molecule has 0 fully saturated rings. The largest absolute Gasteiger partial charge is 0.325 e. The molecule has 5 nitrogen and oxygen atoms in total. The van der Waals surface area contributed by atoms with Crippen LogP contribution in [0.5, 0.6) is 0 Å². The van der Waals surface area contributed by atoms with Gasteiger partial charge in [0.1, 0.15) is 6.54 Å². The summed E-state index contributed by atoms with van der Waals surface area (Å²) < 4.78 is 0.909. The number of carbonyl (C=O) groups excluding carboxylic acids is 3. The molecule has 0 unspecified atom stereocenters. The fraction of sp³-hybridized carbons (Fsp3) is 0.167. The molecule has 0 bridgehead atoms. The number of carbonyl (C=O) groups is 3. The van der Waals surface area contributed by atoms with Gasteiger partial charge in [-0.25, -0.2) is 0 Å². The highest BCUT2D eigenvalue weighted by Crippen LogP contribution is 2.18. The SMILES string of the molecule is CC(=O)c1cccc(N(CC(=O)Nc2ccc(Br)cc2)C(C)=O)c1. The smallest absolute Gasteiger partial charge is 0.244 e. The molecule has 0 saturated carbocycles. The van der Waals surface area contributed by atoms with Crippen molar-refractivity contribution in [1.29, 1.82) is 0 Å². The number of rotatable bonds is 5. The van der Waals surface area contributed by atoms with E-state index in [4.69, 9.17) is 0 Å². The van der Waals surface area contributed by atoms with Crippen molar-refractivity contribution in [1.82, 2.24) is 0 Å². The van der Waals surface area contributed by atoms with Gasteiger partial charge >= 0.3 is 0 Å². The first-order valence-corrected chi connectivity index (χ1v) is 8.10. The minimum atomic E-state index is -0.319. The molecular weight excluding hydrogens is 372 g/mol. The van der Waals surface area contributed by atoms with Crippen molar-refractivity contribution in [2.75, 3.05) is 16.8 Å². The second-order valence-corrected chi connectivity index (χ2v) is 6.18. The van der Waals surface area contributed by atoms with E-state index in [2.05, 4.69) is 21.2 Å². The van der Waals surface area contributed by atoms with E-state index in [0.29, 0.717) is 16.9 Å². The van der Waals surface area contributed by atoms with Crippen LogP contribution in [0.2, 0.25) is 0 Å². The van der Waals surface area contributed by atoms with Crippen LogP contribution in [0.3, 0.4) is 0 Å². The van der Waals surface area contributed by atoms with Gasteiger partial charge in [-0.1, -0.05) is 28.1 Å². The predicted molar refractivity (Wildman–Crippen MR) is 97.2 cm³/mol. The van der Waals surface area contributed by atoms with E-state index in [1.165, 1.54) is 18.7 Å². The lowest BCUT2D eigenvalue weighted by Crippen LogP contribution is -2.36. The fourth-order valence-electron chi connectivity index (χ4n) is 2.15. The third-order valence-corrected chi connectivity index (χ3v) is 3.90. The van der Waals surface area contributed by atoms with Crippen molar-refractivity contribution < 1.29 is 14.4 Å². The summed E-state index contributed by atoms with van der Waals surface area (Å²) >= 11 is 3.33. The maximum Gasteiger partial charge on any atom is 0.244 e. The molecule has 0 radical (unpaired) electrons. The van der Waals surface area contributed by atoms with Crippen LogP contribution < -0.4 is 10.2 Å². The number of halogens is 1. The van der Waals surface area contributed by atoms with Crippen LogP contribution in [-0.4, -0.2) is 24.1 Å². The van der Waals surface area contributed by atoms with E-state index >= 15 is 0 Å². The van der Waals surface area contributed by atoms with Gasteiger partial charge < -0.3 is 10.2 Å². The molecule has 2 rings (SSSR count). The Bertz CT molecular complexity index is 772. The van der Waals surface area contributed by atoms with E-state index in [1.54, 1.807) is 36.4 Å². The Hall–Kier alpha value is -2.47. The lowest BCUT2D eigenvalue weighted by atomic mass is 10.1. The molecule has 24 heavy (non-hydrogen) atoms. The van der Waals surface area contributed by atoms with Gasteiger partial charge in [-0.15, -0.1) is 0 Å². The van der Waals surface area contributed by atoms with Crippen LogP contribution in [0.15, 0.2) is 53.0 Å². The summed E-state index contributed by atoms with van der Waals surface area (Å²) in [6.07, 6.45) is 0. The van der Waals surface area contributed by atoms with Crippen molar-refractivity contribution in [3.8, 4) is 0 Å². The van der Waals surface area contributed by atoms with Crippen LogP contribution in [0.25, 0.3) is 0 Å². The molecule has 0 aromatic heterocycles. The summed E-state index contributed by atoms with van der Waals surface area (Å²) in [5.41, 5.74) is 1.65. The lowest BCUT2D eigenvalue weighted by Gasteiger charge is -2.21. The average Bonchev–Trinajstić information content (AvgIpc) is 2.54. The summed E-state index contributed by atoms with van der Waals surface area (Å²) in [4.78, 5) is 37.0. The molecule has 0 saturated heterocycles. The fourth-order valence-corrected chi connectivity index (χ4v) is 2.42. The van der Waals surface area contributed by atoms with Crippen molar-refractivity contribution in [3.63, 3.8) is 0 Å². The van der Waals surface area contributed by atoms with Crippen LogP contribution in [0, 0.1) is 0 Å². The number of nitrogens with one attached hydrogen (secondary N) is 1. The Labute approximate surface area is 148 Å². The Morgan fingerprint density at radius 2 is 1.71 bits per heavy atom. The first kappa shape index (κ1) is 17.9. The molecule has 2 aromatic carbocycles. The predicted octanol–water partition coefficient (Wildman–Crippen LogP) is 3.64. The molecule has 0 spiro atoms. The maximum atomic E-state index is 12.2. The van der Waals surface area contributed by atoms with E-state index in [9.17, 15) is 14.4 Å². The first-order valence-electron chi connectivity index (χ1n) is 7.31. The highest BCUT2D eigenvalue weighted by atomic mass is 79.9. The van der Waals surface area contributed by atoms with Crippen molar-refractivity contribution in [2.45, 2.75) is 13.8 Å². The quantitative estimate of drug-likeness (QED) is 0.794. The number of hydrogen-bond acceptors (Lipinski definition) is 3. The normalized spacial score (nSPS) is 10.1. The molecule has 2 aromatic rings. The Morgan fingerprint density at radius 1 is 1.04 bits per heavy atom. The summed E-state index contributed by atoms with van der Waals surface area (Å²) in [6, 6.07) is 13.8. The van der Waals surface area contributed by atoms with Gasteiger partial charge in [-0.05, 0) is 43.3 Å². The van der Waals surface area contributed by atoms with Gasteiger partial charge in [0.15, 0.2) is 5.78 Å². The van der Waals surface area contributed by atoms with E-state index < -0.39 is 0 Å². The van der Waals surface area contributed by atoms with Gasteiger partial charge in [-0.3, -0.25) is 14.4 Å². The number of anilines is 2. The summed E-state index contributed by atoms with van der Waals surface area (Å²) in [5, 5.41) is 2.74. The highest BCUT2D eigenvalue weighted by molar-refractivity contribution is 9.10. The van der Waals surface area contributed by atoms with E-state index in [0.717, 1.165) is 4.47 Å². The second kappa shape index (κ2) is 7.88. The maximum absolute atomic E-state index is 12.2. The highest BCUT2D eigenvalue weighted by Gasteiger charge is 2.17. The zero-order valence-corrected chi connectivity index (χ0v) is 15.0. The van der Waals surface area contributed by atoms with Crippen LogP contribution in [0.4, 0.5) is 11.4 Å². The number of amides is 2. The standard InChI is InChI=1S/C18H17BrN2O3/c1-12(22)14-4-3-5-17(10-14)21(13(2)23)11-18(24)20-16-8-6-15(19)7-9-16/h3-10H,11H2,1-2H3,(H,20,24). The zero-order valence-electron chi connectivity index (χ0n) is 13.4. The summed E-state index contributed by atoms with van der Waals surface area (Å²) in [5.74, 6) is -0.693. The van der Waals surface area contributed by atoms with Gasteiger partial charge in [-0.2, -0.15) is 0 Å². The Balaban J connectivity index is 2.15. The minimum Gasteiger partial charge on any atom is -0.325 e. The molecule has 124 valence electrons. The molecule has 2 amide bonds. The van der Waals surface area contributed by atoms with Crippen LogP contribution >= 0.6 is 15.9 Å². The zero-order chi connectivity index (χ0) is 17.7. The Morgan fingerprint density at radius 3 is 2.29 bits per heavy atom. The van der Waals surface area contributed by atoms with Gasteiger partial charge in [0.05, 0.1) is 0 Å². The Kier molecular flexibility index (Phi) is 5.87. The molecular formula is C18H17BrN2O3. The molecule has 6 heteroatoms. The third-order valence-electron chi connectivity index (χ3n) is 3.37. The van der Waals surface area contributed by atoms with Crippen molar-refractivity contribution in [3.05, 3.63) is 58.6 Å². The van der Waals surface area contributed by atoms with Crippen LogP contribution in [0.1, 0.15) is 24.2 Å². The number of hydrogen-bond donors (Lipinski definition) is 1. The molecule has 0 atom stereocenters. The monoisotopic (exact) mass is 388 g/mol. The number of ketones is 1. The average molecular weight is 389 g/mol. The number of benzene rings is 2. The second-order valence-electron chi connectivity index (χ2n) is 5.27. The molecule has 0 heterocycles. The molecule has 1 N–H and O–H groups in total. The minimum absolute atomic E-state index is 0.0975. The third kappa shape index (κ3) is 4.76. The van der Waals surface area contributed by atoms with Gasteiger partial charge in [0, 0.05) is 28.3 Å². The molecule has 0 aliphatic heterocycles. The van der Waals surface area contributed by atoms with Gasteiger partial charge in [0.25, 0.3) is 0 Å². The molecule has 0 aliphatic rings. The molecule has 0 aliphatic carbocycles. The van der Waals surface area contributed by atoms with E-state index in [1.807, 2.05) is 12.1 Å². The summed E-state index contributed by atoms with van der Waals surface area (Å²) in [6.45, 7) is 2.71. The topological polar surface area (TPSA) is 66.5 Å². The number of Topliss-reactive ketones (excluding diaryl/α,β-unsaturated/α-hetero) is 1. The first-order chi connectivity index (χ1) is 11.4. The van der Waals surface area contributed by atoms with Gasteiger partial charge in [0.2, 0.25) is 11.8 Å². The summed E-state index contributed by atoms with van der Waals surface area (Å²) in [7, 11) is 0. The van der Waals surface area contributed by atoms with Crippen LogP contribution in [-0.2, 0) is 9.59 Å². The lowest BCUT2D eigenvalue weighted by molar-refractivity contribution is -0.120. The van der Waals surface area contributed by atoms with Crippen molar-refractivity contribution >= 4 is 44.9 Å². The number of nitrogens with zero attached hydrogens (tertiary/aromatic N) is 1.